The van der Waals surface area contributed by atoms with Crippen LogP contribution in [0.5, 0.6) is 0 Å². The Kier molecular flexibility index (Phi) is 3.62. The van der Waals surface area contributed by atoms with Crippen molar-refractivity contribution in [2.75, 3.05) is 0 Å². The number of amides is 1. The van der Waals surface area contributed by atoms with Gasteiger partial charge in [-0.25, -0.2) is 0 Å². The van der Waals surface area contributed by atoms with Crippen LogP contribution in [-0.2, 0) is 4.79 Å². The minimum Gasteiger partial charge on any atom is -0.350 e. The molecule has 3 heteroatoms. The first-order valence-electron chi connectivity index (χ1n) is 6.15. The Morgan fingerprint density at radius 1 is 1.38 bits per heavy atom. The van der Waals surface area contributed by atoms with E-state index < -0.39 is 5.41 Å². The highest BCUT2D eigenvalue weighted by molar-refractivity contribution is 5.85. The molecule has 0 aliphatic heterocycles. The van der Waals surface area contributed by atoms with Gasteiger partial charge in [0.1, 0.15) is 5.41 Å². The van der Waals surface area contributed by atoms with Gasteiger partial charge >= 0.3 is 0 Å². The molecule has 0 bridgehead atoms. The lowest BCUT2D eigenvalue weighted by molar-refractivity contribution is -0.130. The molecule has 90 valence electrons. The summed E-state index contributed by atoms with van der Waals surface area (Å²) in [6.07, 6.45) is 3.52. The van der Waals surface area contributed by atoms with Crippen LogP contribution >= 0.6 is 0 Å². The number of rotatable bonds is 5. The molecule has 0 aromatic heterocycles. The summed E-state index contributed by atoms with van der Waals surface area (Å²) in [7, 11) is 0. The SMILES string of the molecule is CCC(C#N)(CC)C(=O)NC(C)(C)C1CC1. The fourth-order valence-electron chi connectivity index (χ4n) is 2.10. The molecule has 3 nitrogen and oxygen atoms in total. The Bertz CT molecular complexity index is 306. The number of carbonyl (C=O) groups is 1. The van der Waals surface area contributed by atoms with E-state index in [1.54, 1.807) is 0 Å². The van der Waals surface area contributed by atoms with Crippen molar-refractivity contribution in [2.45, 2.75) is 58.9 Å². The van der Waals surface area contributed by atoms with Crippen molar-refractivity contribution < 1.29 is 4.79 Å². The van der Waals surface area contributed by atoms with E-state index in [-0.39, 0.29) is 11.4 Å². The van der Waals surface area contributed by atoms with Crippen molar-refractivity contribution >= 4 is 5.91 Å². The van der Waals surface area contributed by atoms with Gasteiger partial charge in [0.25, 0.3) is 0 Å². The van der Waals surface area contributed by atoms with Crippen LogP contribution in [0, 0.1) is 22.7 Å². The van der Waals surface area contributed by atoms with Crippen LogP contribution in [0.3, 0.4) is 0 Å². The highest BCUT2D eigenvalue weighted by Crippen LogP contribution is 2.40. The molecule has 1 saturated carbocycles. The van der Waals surface area contributed by atoms with E-state index in [1.165, 1.54) is 12.8 Å². The quantitative estimate of drug-likeness (QED) is 0.777. The molecule has 1 amide bonds. The van der Waals surface area contributed by atoms with Crippen molar-refractivity contribution in [1.29, 1.82) is 5.26 Å². The van der Waals surface area contributed by atoms with Gasteiger partial charge in [-0.3, -0.25) is 4.79 Å². The van der Waals surface area contributed by atoms with Crippen molar-refractivity contribution in [3.8, 4) is 6.07 Å². The Labute approximate surface area is 98.2 Å². The first kappa shape index (κ1) is 13.0. The zero-order chi connectivity index (χ0) is 12.4. The van der Waals surface area contributed by atoms with E-state index in [0.29, 0.717) is 18.8 Å². The number of hydrogen-bond donors (Lipinski definition) is 1. The maximum atomic E-state index is 12.2. The van der Waals surface area contributed by atoms with Gasteiger partial charge in [-0.15, -0.1) is 0 Å². The molecule has 0 unspecified atom stereocenters. The lowest BCUT2D eigenvalue weighted by atomic mass is 9.82. The van der Waals surface area contributed by atoms with E-state index in [1.807, 2.05) is 13.8 Å². The van der Waals surface area contributed by atoms with E-state index in [4.69, 9.17) is 0 Å². The van der Waals surface area contributed by atoms with Gasteiger partial charge in [0, 0.05) is 5.54 Å². The average Bonchev–Trinajstić information content (AvgIpc) is 3.04. The standard InChI is InChI=1S/C13H22N2O/c1-5-13(6-2,9-14)11(16)15-12(3,4)10-7-8-10/h10H,5-8H2,1-4H3,(H,15,16). The number of nitrogens with one attached hydrogen (secondary N) is 1. The first-order chi connectivity index (χ1) is 7.41. The van der Waals surface area contributed by atoms with E-state index >= 15 is 0 Å². The highest BCUT2D eigenvalue weighted by atomic mass is 16.2. The van der Waals surface area contributed by atoms with Gasteiger partial charge in [0.2, 0.25) is 5.91 Å². The molecule has 16 heavy (non-hydrogen) atoms. The second-order valence-electron chi connectivity index (χ2n) is 5.35. The average molecular weight is 222 g/mol. The van der Waals surface area contributed by atoms with E-state index in [0.717, 1.165) is 0 Å². The zero-order valence-electron chi connectivity index (χ0n) is 10.8. The number of nitrogens with zero attached hydrogens (tertiary/aromatic N) is 1. The topological polar surface area (TPSA) is 52.9 Å². The predicted molar refractivity (Wildman–Crippen MR) is 63.6 cm³/mol. The molecule has 0 heterocycles. The molecular weight excluding hydrogens is 200 g/mol. The van der Waals surface area contributed by atoms with E-state index in [9.17, 15) is 10.1 Å². The maximum absolute atomic E-state index is 12.2. The summed E-state index contributed by atoms with van der Waals surface area (Å²) in [4.78, 5) is 12.2. The fraction of sp³-hybridized carbons (Fsp3) is 0.846. The normalized spacial score (nSPS) is 16.7. The Morgan fingerprint density at radius 3 is 2.19 bits per heavy atom. The Morgan fingerprint density at radius 2 is 1.88 bits per heavy atom. The van der Waals surface area contributed by atoms with Gasteiger partial charge in [-0.2, -0.15) is 5.26 Å². The summed E-state index contributed by atoms with van der Waals surface area (Å²) in [5, 5.41) is 12.2. The lowest BCUT2D eigenvalue weighted by Crippen LogP contribution is -2.51. The Balaban J connectivity index is 2.73. The van der Waals surface area contributed by atoms with Crippen LogP contribution in [0.25, 0.3) is 0 Å². The summed E-state index contributed by atoms with van der Waals surface area (Å²) < 4.78 is 0. The van der Waals surface area contributed by atoms with Crippen LogP contribution < -0.4 is 5.32 Å². The molecule has 1 aliphatic rings. The minimum atomic E-state index is -0.841. The number of carbonyl (C=O) groups excluding carboxylic acids is 1. The number of hydrogen-bond acceptors (Lipinski definition) is 2. The first-order valence-corrected chi connectivity index (χ1v) is 6.15. The summed E-state index contributed by atoms with van der Waals surface area (Å²) in [5.41, 5.74) is -1.00. The van der Waals surface area contributed by atoms with Crippen LogP contribution in [0.4, 0.5) is 0 Å². The van der Waals surface area contributed by atoms with Gasteiger partial charge < -0.3 is 5.32 Å². The molecule has 0 spiro atoms. The van der Waals surface area contributed by atoms with Gasteiger partial charge in [0.05, 0.1) is 6.07 Å². The molecular formula is C13H22N2O. The summed E-state index contributed by atoms with van der Waals surface area (Å²) in [5.74, 6) is 0.485. The third-order valence-electron chi connectivity index (χ3n) is 3.89. The third-order valence-corrected chi connectivity index (χ3v) is 3.89. The third kappa shape index (κ3) is 2.37. The molecule has 1 aliphatic carbocycles. The zero-order valence-corrected chi connectivity index (χ0v) is 10.8. The molecule has 0 atom stereocenters. The molecule has 1 fully saturated rings. The van der Waals surface area contributed by atoms with E-state index in [2.05, 4.69) is 25.2 Å². The second-order valence-corrected chi connectivity index (χ2v) is 5.35. The van der Waals surface area contributed by atoms with Crippen LogP contribution in [0.2, 0.25) is 0 Å². The molecule has 0 aromatic carbocycles. The van der Waals surface area contributed by atoms with Crippen LogP contribution in [0.15, 0.2) is 0 Å². The molecule has 1 N–H and O–H groups in total. The van der Waals surface area contributed by atoms with Crippen LogP contribution in [0.1, 0.15) is 53.4 Å². The molecule has 0 aromatic rings. The lowest BCUT2D eigenvalue weighted by Gasteiger charge is -2.31. The monoisotopic (exact) mass is 222 g/mol. The minimum absolute atomic E-state index is 0.100. The van der Waals surface area contributed by atoms with Crippen LogP contribution in [-0.4, -0.2) is 11.4 Å². The smallest absolute Gasteiger partial charge is 0.240 e. The number of nitriles is 1. The van der Waals surface area contributed by atoms with Gasteiger partial charge in [-0.05, 0) is 45.4 Å². The van der Waals surface area contributed by atoms with Crippen molar-refractivity contribution in [1.82, 2.24) is 5.32 Å². The summed E-state index contributed by atoms with van der Waals surface area (Å²) in [6, 6.07) is 2.18. The molecule has 0 radical (unpaired) electrons. The van der Waals surface area contributed by atoms with Gasteiger partial charge in [0.15, 0.2) is 0 Å². The second kappa shape index (κ2) is 4.45. The summed E-state index contributed by atoms with van der Waals surface area (Å²) >= 11 is 0. The van der Waals surface area contributed by atoms with Crippen molar-refractivity contribution in [3.05, 3.63) is 0 Å². The fourth-order valence-corrected chi connectivity index (χ4v) is 2.10. The van der Waals surface area contributed by atoms with Crippen molar-refractivity contribution in [2.24, 2.45) is 11.3 Å². The van der Waals surface area contributed by atoms with Crippen molar-refractivity contribution in [3.63, 3.8) is 0 Å². The molecule has 1 rings (SSSR count). The van der Waals surface area contributed by atoms with Gasteiger partial charge in [-0.1, -0.05) is 13.8 Å². The molecule has 0 saturated heterocycles. The Hall–Kier alpha value is -1.04. The maximum Gasteiger partial charge on any atom is 0.240 e. The summed E-state index contributed by atoms with van der Waals surface area (Å²) in [6.45, 7) is 7.90. The highest BCUT2D eigenvalue weighted by Gasteiger charge is 2.43. The predicted octanol–water partition coefficient (Wildman–Crippen LogP) is 2.62. The largest absolute Gasteiger partial charge is 0.350 e.